The van der Waals surface area contributed by atoms with E-state index in [1.54, 1.807) is 13.8 Å². The third-order valence-corrected chi connectivity index (χ3v) is 3.56. The van der Waals surface area contributed by atoms with Crippen LogP contribution in [0.15, 0.2) is 4.99 Å². The monoisotopic (exact) mass is 286 g/mol. The summed E-state index contributed by atoms with van der Waals surface area (Å²) in [7, 11) is 0. The predicted molar refractivity (Wildman–Crippen MR) is 66.4 cm³/mol. The molecular weight excluding hydrogens is 269 g/mol. The van der Waals surface area contributed by atoms with Crippen LogP contribution >= 0.6 is 0 Å². The Hall–Kier alpha value is -1.38. The number of urea groups is 1. The first-order valence-corrected chi connectivity index (χ1v) is 6.45. The number of hydrogen-bond donors (Lipinski definition) is 1. The molecule has 0 radical (unpaired) electrons. The largest absolute Gasteiger partial charge is 0.543 e. The topological polar surface area (TPSA) is 86.2 Å². The normalized spacial score (nSPS) is 43.2. The van der Waals surface area contributed by atoms with Gasteiger partial charge in [-0.1, -0.05) is 0 Å². The summed E-state index contributed by atoms with van der Waals surface area (Å²) in [5.41, 5.74) is 5.31. The van der Waals surface area contributed by atoms with Crippen LogP contribution in [0.3, 0.4) is 0 Å². The number of rotatable bonds is 1. The summed E-state index contributed by atoms with van der Waals surface area (Å²) in [6.45, 7) is 5.39. The van der Waals surface area contributed by atoms with Gasteiger partial charge in [0.25, 0.3) is 5.84 Å². The van der Waals surface area contributed by atoms with Crippen molar-refractivity contribution in [2.75, 3.05) is 0 Å². The number of halogens is 1. The number of amidine groups is 1. The molecule has 2 amide bonds. The Morgan fingerprint density at radius 3 is 2.75 bits per heavy atom. The van der Waals surface area contributed by atoms with E-state index in [0.717, 1.165) is 10.8 Å². The Morgan fingerprint density at radius 1 is 1.40 bits per heavy atom. The maximum absolute atomic E-state index is 13.6. The molecule has 110 valence electrons. The smallest absolute Gasteiger partial charge is 0.363 e. The highest BCUT2D eigenvalue weighted by molar-refractivity contribution is 6.05. The van der Waals surface area contributed by atoms with E-state index in [-0.39, 0.29) is 18.0 Å². The number of carbonyl (C=O) groups excluding carboxylic acids is 1. The van der Waals surface area contributed by atoms with E-state index in [0.29, 0.717) is 0 Å². The maximum atomic E-state index is 13.6. The Morgan fingerprint density at radius 2 is 2.05 bits per heavy atom. The summed E-state index contributed by atoms with van der Waals surface area (Å²) in [5, 5.41) is 0. The first kappa shape index (κ1) is 13.6. The van der Waals surface area contributed by atoms with Crippen molar-refractivity contribution >= 4 is 18.1 Å². The SMILES string of the molecule is C[C@H]1O[C@@H]([N+]2=CC(F)C(N)=NC2=O)C2OC(C)(C)O[C@H]21. The fourth-order valence-electron chi connectivity index (χ4n) is 2.70. The summed E-state index contributed by atoms with van der Waals surface area (Å²) in [5.74, 6) is -1.11. The van der Waals surface area contributed by atoms with Gasteiger partial charge in [-0.05, 0) is 20.8 Å². The van der Waals surface area contributed by atoms with Crippen molar-refractivity contribution in [1.82, 2.24) is 0 Å². The zero-order valence-electron chi connectivity index (χ0n) is 11.4. The number of nitrogens with two attached hydrogens (primary N) is 1. The Bertz CT molecular complexity index is 519. The number of amides is 2. The summed E-state index contributed by atoms with van der Waals surface area (Å²) in [6.07, 6.45) is -2.37. The third kappa shape index (κ3) is 2.04. The fourth-order valence-corrected chi connectivity index (χ4v) is 2.70. The second-order valence-corrected chi connectivity index (χ2v) is 5.57. The van der Waals surface area contributed by atoms with Crippen molar-refractivity contribution in [3.8, 4) is 0 Å². The highest BCUT2D eigenvalue weighted by atomic mass is 19.1. The van der Waals surface area contributed by atoms with Crippen molar-refractivity contribution < 1.29 is 28.0 Å². The minimum absolute atomic E-state index is 0.269. The Balaban J connectivity index is 1.88. The van der Waals surface area contributed by atoms with Crippen LogP contribution in [0, 0.1) is 0 Å². The molecule has 2 unspecified atom stereocenters. The standard InChI is InChI=1S/C12H16FN3O4/c1-5-7-8(20-12(2,3)19-7)10(18-5)16-4-6(13)9(14)15-11(16)17/h4-8,10H,1-3H3,(H-,14,15,17)/p+1/t5-,6?,7+,8?,10-/m1/s1. The maximum Gasteiger partial charge on any atom is 0.543 e. The molecule has 3 aliphatic rings. The molecule has 0 saturated carbocycles. The second kappa shape index (κ2) is 4.31. The van der Waals surface area contributed by atoms with Crippen molar-refractivity contribution in [3.05, 3.63) is 0 Å². The van der Waals surface area contributed by atoms with Gasteiger partial charge in [0.05, 0.1) is 6.10 Å². The molecule has 0 aliphatic carbocycles. The zero-order valence-corrected chi connectivity index (χ0v) is 11.4. The number of alkyl halides is 1. The van der Waals surface area contributed by atoms with Gasteiger partial charge in [0, 0.05) is 4.99 Å². The van der Waals surface area contributed by atoms with Gasteiger partial charge < -0.3 is 19.9 Å². The molecule has 0 aromatic carbocycles. The van der Waals surface area contributed by atoms with Crippen LogP contribution in [0.5, 0.6) is 0 Å². The fraction of sp³-hybridized carbons (Fsp3) is 0.750. The van der Waals surface area contributed by atoms with Crippen LogP contribution in [0.1, 0.15) is 20.8 Å². The Labute approximate surface area is 115 Å². The molecule has 0 aromatic rings. The number of hydrogen-bond acceptors (Lipinski definition) is 5. The molecule has 2 N–H and O–H groups in total. The van der Waals surface area contributed by atoms with Gasteiger partial charge in [-0.25, -0.2) is 4.39 Å². The van der Waals surface area contributed by atoms with Gasteiger partial charge in [0.1, 0.15) is 12.3 Å². The van der Waals surface area contributed by atoms with Crippen LogP contribution in [0.2, 0.25) is 0 Å². The molecule has 3 rings (SSSR count). The highest BCUT2D eigenvalue weighted by Gasteiger charge is 2.58. The molecule has 0 bridgehead atoms. The first-order chi connectivity index (χ1) is 9.28. The molecular formula is C12H17FN3O4+. The Kier molecular flexibility index (Phi) is 2.93. The van der Waals surface area contributed by atoms with Gasteiger partial charge in [0.2, 0.25) is 12.4 Å². The molecule has 20 heavy (non-hydrogen) atoms. The first-order valence-electron chi connectivity index (χ1n) is 6.45. The third-order valence-electron chi connectivity index (χ3n) is 3.56. The number of aliphatic imine (C=N–C) groups is 1. The summed E-state index contributed by atoms with van der Waals surface area (Å²) in [6, 6.07) is -0.664. The predicted octanol–water partition coefficient (Wildman–Crippen LogP) is 0.163. The van der Waals surface area contributed by atoms with Crippen LogP contribution in [-0.2, 0) is 14.2 Å². The molecule has 3 heterocycles. The van der Waals surface area contributed by atoms with Crippen molar-refractivity contribution in [3.63, 3.8) is 0 Å². The minimum atomic E-state index is -1.61. The average Bonchev–Trinajstić information content (AvgIpc) is 2.80. The van der Waals surface area contributed by atoms with Gasteiger partial charge in [0.15, 0.2) is 11.9 Å². The van der Waals surface area contributed by atoms with Gasteiger partial charge >= 0.3 is 6.03 Å². The zero-order chi connectivity index (χ0) is 14.7. The van der Waals surface area contributed by atoms with Crippen LogP contribution in [0.4, 0.5) is 9.18 Å². The summed E-state index contributed by atoms with van der Waals surface area (Å²) >= 11 is 0. The molecule has 2 fully saturated rings. The van der Waals surface area contributed by atoms with E-state index in [9.17, 15) is 9.18 Å². The average molecular weight is 286 g/mol. The van der Waals surface area contributed by atoms with Gasteiger partial charge in [-0.2, -0.15) is 9.37 Å². The molecule has 7 nitrogen and oxygen atoms in total. The molecule has 3 aliphatic heterocycles. The number of carbonyl (C=O) groups is 1. The lowest BCUT2D eigenvalue weighted by atomic mass is 10.1. The molecule has 5 atom stereocenters. The lowest BCUT2D eigenvalue weighted by molar-refractivity contribution is -0.536. The highest BCUT2D eigenvalue weighted by Crippen LogP contribution is 2.39. The summed E-state index contributed by atoms with van der Waals surface area (Å²) in [4.78, 5) is 15.3. The van der Waals surface area contributed by atoms with E-state index in [2.05, 4.69) is 4.99 Å². The van der Waals surface area contributed by atoms with Gasteiger partial charge in [-0.15, -0.1) is 0 Å². The van der Waals surface area contributed by atoms with Crippen LogP contribution < -0.4 is 5.73 Å². The number of nitrogens with zero attached hydrogens (tertiary/aromatic N) is 2. The van der Waals surface area contributed by atoms with E-state index < -0.39 is 30.3 Å². The van der Waals surface area contributed by atoms with Crippen molar-refractivity contribution in [2.24, 2.45) is 10.7 Å². The molecule has 2 saturated heterocycles. The van der Waals surface area contributed by atoms with Crippen molar-refractivity contribution in [2.45, 2.75) is 57.3 Å². The number of ether oxygens (including phenoxy) is 3. The van der Waals surface area contributed by atoms with E-state index in [4.69, 9.17) is 19.9 Å². The second-order valence-electron chi connectivity index (χ2n) is 5.57. The lowest BCUT2D eigenvalue weighted by Crippen LogP contribution is -2.47. The van der Waals surface area contributed by atoms with E-state index >= 15 is 0 Å². The van der Waals surface area contributed by atoms with Crippen molar-refractivity contribution in [1.29, 1.82) is 0 Å². The van der Waals surface area contributed by atoms with Gasteiger partial charge in [-0.3, -0.25) is 0 Å². The van der Waals surface area contributed by atoms with E-state index in [1.165, 1.54) is 0 Å². The van der Waals surface area contributed by atoms with Crippen LogP contribution in [0.25, 0.3) is 0 Å². The molecule has 8 heteroatoms. The number of fused-ring (bicyclic) bond motifs is 1. The van der Waals surface area contributed by atoms with Crippen LogP contribution in [-0.4, -0.2) is 59.2 Å². The molecule has 0 aromatic heterocycles. The quantitative estimate of drug-likeness (QED) is 0.694. The summed E-state index contributed by atoms with van der Waals surface area (Å²) < 4.78 is 31.9. The lowest BCUT2D eigenvalue weighted by Gasteiger charge is -2.22. The molecule has 0 spiro atoms. The minimum Gasteiger partial charge on any atom is -0.363 e. The van der Waals surface area contributed by atoms with E-state index in [1.807, 2.05) is 6.92 Å².